The lowest BCUT2D eigenvalue weighted by Crippen LogP contribution is -2.30. The minimum Gasteiger partial charge on any atom is -0.344 e. The molecule has 0 saturated heterocycles. The average molecular weight is 517 g/mol. The normalized spacial score (nSPS) is 19.1. The van der Waals surface area contributed by atoms with Crippen LogP contribution >= 0.6 is 11.3 Å². The van der Waals surface area contributed by atoms with E-state index in [1.165, 1.54) is 27.0 Å². The molecule has 37 heavy (non-hydrogen) atoms. The van der Waals surface area contributed by atoms with Gasteiger partial charge in [-0.2, -0.15) is 0 Å². The molecule has 0 amide bonds. The Labute approximate surface area is 222 Å². The van der Waals surface area contributed by atoms with Gasteiger partial charge in [0.1, 0.15) is 11.3 Å². The number of H-pyrrole nitrogens is 1. The van der Waals surface area contributed by atoms with E-state index in [0.717, 1.165) is 73.4 Å². The van der Waals surface area contributed by atoms with Gasteiger partial charge in [-0.3, -0.25) is 9.97 Å². The summed E-state index contributed by atoms with van der Waals surface area (Å²) in [5.41, 5.74) is 7.62. The summed E-state index contributed by atoms with van der Waals surface area (Å²) in [5.74, 6) is 2.31. The Kier molecular flexibility index (Phi) is 6.77. The Morgan fingerprint density at radius 1 is 0.946 bits per heavy atom. The van der Waals surface area contributed by atoms with Gasteiger partial charge in [0, 0.05) is 56.1 Å². The number of imidazole rings is 1. The van der Waals surface area contributed by atoms with Crippen LogP contribution in [0.25, 0.3) is 11.0 Å². The topological polar surface area (TPSA) is 104 Å². The van der Waals surface area contributed by atoms with Crippen molar-refractivity contribution < 1.29 is 0 Å². The Morgan fingerprint density at radius 3 is 2.62 bits per heavy atom. The van der Waals surface area contributed by atoms with E-state index in [1.54, 1.807) is 0 Å². The molecule has 0 fully saturated rings. The maximum absolute atomic E-state index is 5.12. The van der Waals surface area contributed by atoms with Crippen molar-refractivity contribution in [2.75, 3.05) is 13.1 Å². The molecule has 0 spiro atoms. The molecular weight excluding hydrogens is 480 g/mol. The van der Waals surface area contributed by atoms with E-state index in [9.17, 15) is 0 Å². The second kappa shape index (κ2) is 10.2. The number of hydrogen-bond acceptors (Lipinski definition) is 8. The van der Waals surface area contributed by atoms with Crippen molar-refractivity contribution in [2.24, 2.45) is 0 Å². The van der Waals surface area contributed by atoms with Crippen LogP contribution in [0.5, 0.6) is 0 Å². The Bertz CT molecular complexity index is 1380. The SMILES string of the molecule is CC(C)c1cncc2nc(C3NCCc4nc(C(C)CCC(C)c5nc6c([nH]5)CNCC6)sc43)cnc12. The van der Waals surface area contributed by atoms with Gasteiger partial charge in [-0.15, -0.1) is 11.3 Å². The van der Waals surface area contributed by atoms with Crippen LogP contribution in [-0.2, 0) is 19.4 Å². The minimum atomic E-state index is 0.0313. The molecule has 4 aromatic heterocycles. The average Bonchev–Trinajstić information content (AvgIpc) is 3.55. The van der Waals surface area contributed by atoms with E-state index in [1.807, 2.05) is 29.9 Å². The van der Waals surface area contributed by atoms with Crippen molar-refractivity contribution in [3.05, 3.63) is 62.6 Å². The molecule has 6 rings (SSSR count). The maximum atomic E-state index is 5.12. The summed E-state index contributed by atoms with van der Waals surface area (Å²) in [5, 5.41) is 8.32. The summed E-state index contributed by atoms with van der Waals surface area (Å²) in [7, 11) is 0. The minimum absolute atomic E-state index is 0.0313. The zero-order valence-corrected chi connectivity index (χ0v) is 23.0. The number of hydrogen-bond donors (Lipinski definition) is 3. The number of aromatic amines is 1. The van der Waals surface area contributed by atoms with Gasteiger partial charge in [-0.1, -0.05) is 27.7 Å². The fraction of sp³-hybridized carbons (Fsp3) is 0.536. The van der Waals surface area contributed by atoms with Gasteiger partial charge in [-0.25, -0.2) is 15.0 Å². The summed E-state index contributed by atoms with van der Waals surface area (Å²) < 4.78 is 0. The molecular formula is C28H36N8S. The largest absolute Gasteiger partial charge is 0.344 e. The molecule has 2 aliphatic rings. The molecule has 0 aromatic carbocycles. The number of rotatable bonds is 7. The second-order valence-corrected chi connectivity index (χ2v) is 12.0. The Balaban J connectivity index is 1.18. The molecule has 194 valence electrons. The third kappa shape index (κ3) is 4.80. The first-order valence-electron chi connectivity index (χ1n) is 13.6. The highest BCUT2D eigenvalue weighted by Crippen LogP contribution is 2.37. The zero-order chi connectivity index (χ0) is 25.5. The fourth-order valence-electron chi connectivity index (χ4n) is 5.44. The highest BCUT2D eigenvalue weighted by Gasteiger charge is 2.29. The number of nitrogens with zero attached hydrogens (tertiary/aromatic N) is 5. The number of nitrogens with one attached hydrogen (secondary N) is 3. The van der Waals surface area contributed by atoms with E-state index in [0.29, 0.717) is 17.8 Å². The van der Waals surface area contributed by atoms with Crippen LogP contribution in [0.4, 0.5) is 0 Å². The maximum Gasteiger partial charge on any atom is 0.109 e. The first-order chi connectivity index (χ1) is 18.0. The number of thiazole rings is 1. The van der Waals surface area contributed by atoms with E-state index in [4.69, 9.17) is 19.9 Å². The van der Waals surface area contributed by atoms with Gasteiger partial charge in [0.15, 0.2) is 0 Å². The summed E-state index contributed by atoms with van der Waals surface area (Å²) >= 11 is 1.84. The molecule has 6 heterocycles. The van der Waals surface area contributed by atoms with Gasteiger partial charge < -0.3 is 15.6 Å². The molecule has 2 aliphatic heterocycles. The van der Waals surface area contributed by atoms with Crippen LogP contribution in [0.2, 0.25) is 0 Å². The molecule has 3 atom stereocenters. The highest BCUT2D eigenvalue weighted by atomic mass is 32.1. The molecule has 9 heteroatoms. The van der Waals surface area contributed by atoms with Crippen molar-refractivity contribution in [3.8, 4) is 0 Å². The number of pyridine rings is 1. The van der Waals surface area contributed by atoms with Gasteiger partial charge >= 0.3 is 0 Å². The van der Waals surface area contributed by atoms with E-state index in [2.05, 4.69) is 48.3 Å². The first-order valence-corrected chi connectivity index (χ1v) is 14.4. The van der Waals surface area contributed by atoms with Crippen molar-refractivity contribution >= 4 is 22.4 Å². The van der Waals surface area contributed by atoms with Crippen LogP contribution in [0.3, 0.4) is 0 Å². The van der Waals surface area contributed by atoms with Crippen LogP contribution in [0, 0.1) is 0 Å². The number of aromatic nitrogens is 6. The van der Waals surface area contributed by atoms with Crippen molar-refractivity contribution in [3.63, 3.8) is 0 Å². The van der Waals surface area contributed by atoms with Crippen molar-refractivity contribution in [1.82, 2.24) is 40.5 Å². The first kappa shape index (κ1) is 24.6. The zero-order valence-electron chi connectivity index (χ0n) is 22.1. The Hall–Kier alpha value is -2.75. The molecule has 3 unspecified atom stereocenters. The van der Waals surface area contributed by atoms with Gasteiger partial charge in [-0.05, 0) is 18.8 Å². The van der Waals surface area contributed by atoms with Crippen molar-refractivity contribution in [2.45, 2.75) is 83.7 Å². The molecule has 0 radical (unpaired) electrons. The van der Waals surface area contributed by atoms with Crippen molar-refractivity contribution in [1.29, 1.82) is 0 Å². The molecule has 8 nitrogen and oxygen atoms in total. The summed E-state index contributed by atoms with van der Waals surface area (Å²) in [6, 6.07) is 0.0313. The van der Waals surface area contributed by atoms with E-state index in [-0.39, 0.29) is 6.04 Å². The fourth-order valence-corrected chi connectivity index (χ4v) is 6.73. The number of fused-ring (bicyclic) bond motifs is 3. The van der Waals surface area contributed by atoms with Gasteiger partial charge in [0.05, 0.1) is 56.6 Å². The third-order valence-corrected chi connectivity index (χ3v) is 9.17. The lowest BCUT2D eigenvalue weighted by atomic mass is 9.98. The standard InChI is InChI=1S/C28H36N8S/c1-15(2)18-11-30-13-22-24(18)32-14-23(33-22)25-26-20(8-10-31-25)36-28(37-26)17(4)6-5-16(3)27-34-19-7-9-29-12-21(19)35-27/h11,13-17,25,29,31H,5-10,12H2,1-4H3,(H,34,35). The lowest BCUT2D eigenvalue weighted by Gasteiger charge is -2.22. The predicted molar refractivity (Wildman–Crippen MR) is 147 cm³/mol. The van der Waals surface area contributed by atoms with Crippen LogP contribution in [0.1, 0.15) is 108 Å². The summed E-state index contributed by atoms with van der Waals surface area (Å²) in [6.07, 6.45) is 9.83. The Morgan fingerprint density at radius 2 is 1.78 bits per heavy atom. The molecule has 0 aliphatic carbocycles. The van der Waals surface area contributed by atoms with Gasteiger partial charge in [0.25, 0.3) is 0 Å². The van der Waals surface area contributed by atoms with Crippen LogP contribution in [0.15, 0.2) is 18.6 Å². The molecule has 0 saturated carbocycles. The predicted octanol–water partition coefficient (Wildman–Crippen LogP) is 4.90. The lowest BCUT2D eigenvalue weighted by molar-refractivity contribution is 0.548. The second-order valence-electron chi connectivity index (χ2n) is 10.9. The molecule has 3 N–H and O–H groups in total. The monoisotopic (exact) mass is 516 g/mol. The summed E-state index contributed by atoms with van der Waals surface area (Å²) in [6.45, 7) is 11.8. The highest BCUT2D eigenvalue weighted by molar-refractivity contribution is 7.12. The van der Waals surface area contributed by atoms with Crippen LogP contribution in [-0.4, -0.2) is 43.0 Å². The molecule has 0 bridgehead atoms. The molecule has 4 aromatic rings. The summed E-state index contributed by atoms with van der Waals surface area (Å²) in [4.78, 5) is 29.1. The van der Waals surface area contributed by atoms with Gasteiger partial charge in [0.2, 0.25) is 0 Å². The smallest absolute Gasteiger partial charge is 0.109 e. The van der Waals surface area contributed by atoms with Crippen LogP contribution < -0.4 is 10.6 Å². The third-order valence-electron chi connectivity index (χ3n) is 7.78. The van der Waals surface area contributed by atoms with E-state index < -0.39 is 0 Å². The quantitative estimate of drug-likeness (QED) is 0.321. The van der Waals surface area contributed by atoms with E-state index >= 15 is 0 Å².